The van der Waals surface area contributed by atoms with Gasteiger partial charge >= 0.3 is 0 Å². The summed E-state index contributed by atoms with van der Waals surface area (Å²) < 4.78 is 0. The van der Waals surface area contributed by atoms with E-state index in [4.69, 9.17) is 5.73 Å². The van der Waals surface area contributed by atoms with Crippen molar-refractivity contribution in [2.75, 3.05) is 52.9 Å². The summed E-state index contributed by atoms with van der Waals surface area (Å²) in [6.45, 7) is 6.98. The topological polar surface area (TPSA) is 61.6 Å². The summed E-state index contributed by atoms with van der Waals surface area (Å²) in [6, 6.07) is 0. The van der Waals surface area contributed by atoms with Crippen LogP contribution < -0.4 is 11.1 Å². The lowest BCUT2D eigenvalue weighted by Crippen LogP contribution is -2.48. The molecule has 21 heavy (non-hydrogen) atoms. The third-order valence-corrected chi connectivity index (χ3v) is 5.22. The van der Waals surface area contributed by atoms with Crippen LogP contribution in [-0.2, 0) is 4.79 Å². The molecule has 0 spiro atoms. The van der Waals surface area contributed by atoms with Crippen LogP contribution in [-0.4, -0.2) is 68.6 Å². The standard InChI is InChI=1S/C16H32N4O/c1-19-10-12-20(13-11-19)9-5-8-18-15(21)16(14-17)6-3-2-4-7-16/h2-14,17H2,1H3,(H,18,21). The molecule has 122 valence electrons. The number of nitrogens with one attached hydrogen (secondary N) is 1. The second-order valence-electron chi connectivity index (χ2n) is 6.80. The maximum atomic E-state index is 12.4. The third-order valence-electron chi connectivity index (χ3n) is 5.22. The van der Waals surface area contributed by atoms with Gasteiger partial charge in [-0.25, -0.2) is 0 Å². The molecule has 2 rings (SSSR count). The molecule has 0 bridgehead atoms. The molecular formula is C16H32N4O. The summed E-state index contributed by atoms with van der Waals surface area (Å²) in [4.78, 5) is 17.3. The molecule has 5 heteroatoms. The lowest BCUT2D eigenvalue weighted by molar-refractivity contribution is -0.132. The van der Waals surface area contributed by atoms with Crippen molar-refractivity contribution in [3.05, 3.63) is 0 Å². The molecule has 0 aromatic carbocycles. The van der Waals surface area contributed by atoms with Crippen molar-refractivity contribution < 1.29 is 4.79 Å². The largest absolute Gasteiger partial charge is 0.356 e. The molecule has 1 aliphatic carbocycles. The Morgan fingerprint density at radius 2 is 1.81 bits per heavy atom. The summed E-state index contributed by atoms with van der Waals surface area (Å²) in [7, 11) is 2.17. The van der Waals surface area contributed by atoms with E-state index < -0.39 is 0 Å². The Morgan fingerprint density at radius 3 is 2.43 bits per heavy atom. The number of piperazine rings is 1. The van der Waals surface area contributed by atoms with Gasteiger partial charge in [0, 0.05) is 39.3 Å². The average molecular weight is 296 g/mol. The van der Waals surface area contributed by atoms with E-state index in [0.29, 0.717) is 6.54 Å². The van der Waals surface area contributed by atoms with Crippen LogP contribution in [0.3, 0.4) is 0 Å². The van der Waals surface area contributed by atoms with Crippen LogP contribution in [0, 0.1) is 5.41 Å². The molecule has 0 aromatic heterocycles. The monoisotopic (exact) mass is 296 g/mol. The minimum absolute atomic E-state index is 0.197. The summed E-state index contributed by atoms with van der Waals surface area (Å²) in [6.07, 6.45) is 6.51. The molecule has 0 radical (unpaired) electrons. The highest BCUT2D eigenvalue weighted by Gasteiger charge is 2.37. The number of likely N-dealkylation sites (N-methyl/N-ethyl adjacent to an activating group) is 1. The zero-order valence-corrected chi connectivity index (χ0v) is 13.6. The van der Waals surface area contributed by atoms with Gasteiger partial charge < -0.3 is 20.9 Å². The summed E-state index contributed by atoms with van der Waals surface area (Å²) in [5, 5.41) is 3.14. The fraction of sp³-hybridized carbons (Fsp3) is 0.938. The SMILES string of the molecule is CN1CCN(CCCNC(=O)C2(CN)CCCCC2)CC1. The predicted molar refractivity (Wildman–Crippen MR) is 86.1 cm³/mol. The van der Waals surface area contributed by atoms with Crippen LogP contribution in [0.5, 0.6) is 0 Å². The fourth-order valence-electron chi connectivity index (χ4n) is 3.52. The number of nitrogens with zero attached hydrogens (tertiary/aromatic N) is 2. The van der Waals surface area contributed by atoms with Crippen LogP contribution in [0.15, 0.2) is 0 Å². The molecule has 1 aliphatic heterocycles. The molecule has 1 saturated heterocycles. The van der Waals surface area contributed by atoms with E-state index in [9.17, 15) is 4.79 Å². The normalized spacial score (nSPS) is 23.9. The molecule has 0 aromatic rings. The highest BCUT2D eigenvalue weighted by Crippen LogP contribution is 2.35. The quantitative estimate of drug-likeness (QED) is 0.707. The molecule has 3 N–H and O–H groups in total. The van der Waals surface area contributed by atoms with Crippen molar-refractivity contribution in [1.29, 1.82) is 0 Å². The maximum Gasteiger partial charge on any atom is 0.227 e. The molecular weight excluding hydrogens is 264 g/mol. The molecule has 0 unspecified atom stereocenters. The number of amides is 1. The van der Waals surface area contributed by atoms with E-state index in [0.717, 1.165) is 71.4 Å². The minimum Gasteiger partial charge on any atom is -0.356 e. The van der Waals surface area contributed by atoms with Crippen LogP contribution in [0.4, 0.5) is 0 Å². The lowest BCUT2D eigenvalue weighted by atomic mass is 9.73. The number of rotatable bonds is 6. The second-order valence-corrected chi connectivity index (χ2v) is 6.80. The van der Waals surface area contributed by atoms with Gasteiger partial charge in [-0.05, 0) is 32.9 Å². The summed E-state index contributed by atoms with van der Waals surface area (Å²) >= 11 is 0. The van der Waals surface area contributed by atoms with Gasteiger partial charge in [-0.1, -0.05) is 19.3 Å². The first kappa shape index (κ1) is 16.7. The van der Waals surface area contributed by atoms with E-state index in [1.807, 2.05) is 0 Å². The zero-order valence-electron chi connectivity index (χ0n) is 13.6. The highest BCUT2D eigenvalue weighted by molar-refractivity contribution is 5.82. The number of carbonyl (C=O) groups is 1. The fourth-order valence-corrected chi connectivity index (χ4v) is 3.52. The Balaban J connectivity index is 1.64. The van der Waals surface area contributed by atoms with Crippen molar-refractivity contribution in [3.63, 3.8) is 0 Å². The first-order chi connectivity index (χ1) is 10.2. The molecule has 2 aliphatic rings. The number of hydrogen-bond donors (Lipinski definition) is 2. The molecule has 0 atom stereocenters. The zero-order chi connectivity index (χ0) is 15.1. The Bertz CT molecular complexity index is 320. The van der Waals surface area contributed by atoms with Gasteiger partial charge in [0.1, 0.15) is 0 Å². The molecule has 1 heterocycles. The van der Waals surface area contributed by atoms with Gasteiger partial charge in [0.2, 0.25) is 5.91 Å². The van der Waals surface area contributed by atoms with Crippen molar-refractivity contribution in [2.24, 2.45) is 11.1 Å². The smallest absolute Gasteiger partial charge is 0.227 e. The van der Waals surface area contributed by atoms with E-state index in [1.54, 1.807) is 0 Å². The molecule has 5 nitrogen and oxygen atoms in total. The van der Waals surface area contributed by atoms with Crippen molar-refractivity contribution >= 4 is 5.91 Å². The molecule has 1 amide bonds. The number of carbonyl (C=O) groups excluding carboxylic acids is 1. The number of hydrogen-bond acceptors (Lipinski definition) is 4. The lowest BCUT2D eigenvalue weighted by Gasteiger charge is -2.35. The Hall–Kier alpha value is -0.650. The van der Waals surface area contributed by atoms with Crippen molar-refractivity contribution in [1.82, 2.24) is 15.1 Å². The highest BCUT2D eigenvalue weighted by atomic mass is 16.2. The summed E-state index contributed by atoms with van der Waals surface area (Å²) in [5.41, 5.74) is 5.63. The van der Waals surface area contributed by atoms with E-state index >= 15 is 0 Å². The van der Waals surface area contributed by atoms with Crippen LogP contribution in [0.2, 0.25) is 0 Å². The van der Waals surface area contributed by atoms with Crippen LogP contribution >= 0.6 is 0 Å². The first-order valence-electron chi connectivity index (χ1n) is 8.55. The van der Waals surface area contributed by atoms with Crippen LogP contribution in [0.25, 0.3) is 0 Å². The Kier molecular flexibility index (Phi) is 6.45. The third kappa shape index (κ3) is 4.66. The van der Waals surface area contributed by atoms with Crippen molar-refractivity contribution in [2.45, 2.75) is 38.5 Å². The predicted octanol–water partition coefficient (Wildman–Crippen LogP) is 0.649. The van der Waals surface area contributed by atoms with Gasteiger partial charge in [0.15, 0.2) is 0 Å². The van der Waals surface area contributed by atoms with Gasteiger partial charge in [0.25, 0.3) is 0 Å². The first-order valence-corrected chi connectivity index (χ1v) is 8.55. The maximum absolute atomic E-state index is 12.4. The second kappa shape index (κ2) is 8.11. The number of nitrogens with two attached hydrogens (primary N) is 1. The Labute approximate surface area is 129 Å². The van der Waals surface area contributed by atoms with E-state index in [-0.39, 0.29) is 11.3 Å². The van der Waals surface area contributed by atoms with Gasteiger partial charge in [-0.2, -0.15) is 0 Å². The van der Waals surface area contributed by atoms with Crippen molar-refractivity contribution in [3.8, 4) is 0 Å². The van der Waals surface area contributed by atoms with Gasteiger partial charge in [0.05, 0.1) is 5.41 Å². The average Bonchev–Trinajstić information content (AvgIpc) is 2.53. The van der Waals surface area contributed by atoms with E-state index in [1.165, 1.54) is 6.42 Å². The summed E-state index contributed by atoms with van der Waals surface area (Å²) in [5.74, 6) is 0.197. The van der Waals surface area contributed by atoms with Gasteiger partial charge in [-0.3, -0.25) is 4.79 Å². The molecule has 2 fully saturated rings. The minimum atomic E-state index is -0.272. The van der Waals surface area contributed by atoms with Crippen LogP contribution in [0.1, 0.15) is 38.5 Å². The van der Waals surface area contributed by atoms with Gasteiger partial charge in [-0.15, -0.1) is 0 Å². The molecule has 1 saturated carbocycles. The van der Waals surface area contributed by atoms with E-state index in [2.05, 4.69) is 22.2 Å². The Morgan fingerprint density at radius 1 is 1.14 bits per heavy atom.